The van der Waals surface area contributed by atoms with Crippen LogP contribution in [0.3, 0.4) is 0 Å². The van der Waals surface area contributed by atoms with Gasteiger partial charge < -0.3 is 9.47 Å². The van der Waals surface area contributed by atoms with E-state index in [4.69, 9.17) is 28.7 Å². The quantitative estimate of drug-likeness (QED) is 0.216. The SMILES string of the molecule is CC1(F)C#CCCC(OCc2ccccc2)CC1.COC1CCC#CC(C)(F)CC1.Cc1ccc(CC2(F)C#CC(F)CCCC2)cc1.O=C=O.O=C=O. The van der Waals surface area contributed by atoms with Crippen LogP contribution in [0.5, 0.6) is 0 Å². The van der Waals surface area contributed by atoms with E-state index in [0.29, 0.717) is 38.7 Å². The molecular weight excluding hydrogens is 700 g/mol. The standard InChI is InChI=1S/C16H18F2.C16H19FO.C10H15FO.2CO2/c1-13-5-7-14(8-6-13)12-16(18)10-3-2-4-15(17)9-11-16;1-16(17)11-6-5-9-15(10-12-16)18-13-14-7-3-2-4-8-14;1-10(11)7-4-3-5-9(12-2)6-8-10;2*2-1-3/h5-8,15H,2-4,10,12H2,1H3;2-4,7-8,15H,5,9-10,12-13H2,1H3;9H,3,5-6,8H2,1-2H3;;. The minimum absolute atomic E-state index is 0.120. The van der Waals surface area contributed by atoms with Gasteiger partial charge in [0.2, 0.25) is 0 Å². The third kappa shape index (κ3) is 22.6. The van der Waals surface area contributed by atoms with Crippen LogP contribution in [-0.4, -0.2) is 54.8 Å². The molecule has 2 aromatic rings. The van der Waals surface area contributed by atoms with Crippen molar-refractivity contribution in [2.24, 2.45) is 0 Å². The average molecular weight is 753 g/mol. The highest BCUT2D eigenvalue weighted by Gasteiger charge is 2.29. The highest BCUT2D eigenvalue weighted by Crippen LogP contribution is 2.27. The Morgan fingerprint density at radius 3 is 1.80 bits per heavy atom. The maximum Gasteiger partial charge on any atom is 0.373 e. The van der Waals surface area contributed by atoms with Crippen molar-refractivity contribution in [1.29, 1.82) is 0 Å². The van der Waals surface area contributed by atoms with Crippen molar-refractivity contribution >= 4 is 12.3 Å². The van der Waals surface area contributed by atoms with Gasteiger partial charge in [0.1, 0.15) is 0 Å². The Balaban J connectivity index is 0.000000383. The largest absolute Gasteiger partial charge is 0.381 e. The number of carbonyl (C=O) groups excluding carboxylic acids is 4. The third-order valence-corrected chi connectivity index (χ3v) is 8.75. The average Bonchev–Trinajstić information content (AvgIpc) is 3.12. The topological polar surface area (TPSA) is 86.7 Å². The highest BCUT2D eigenvalue weighted by molar-refractivity contribution is 5.27. The minimum atomic E-state index is -1.57. The Hall–Kier alpha value is -4.48. The van der Waals surface area contributed by atoms with Gasteiger partial charge in [-0.15, -0.1) is 0 Å². The first-order valence-corrected chi connectivity index (χ1v) is 18.2. The molecule has 10 heteroatoms. The minimum Gasteiger partial charge on any atom is -0.381 e. The molecule has 6 atom stereocenters. The molecule has 0 saturated carbocycles. The van der Waals surface area contributed by atoms with Gasteiger partial charge >= 0.3 is 12.3 Å². The number of halogens is 4. The second kappa shape index (κ2) is 26.3. The maximum atomic E-state index is 14.6. The van der Waals surface area contributed by atoms with Gasteiger partial charge in [-0.1, -0.05) is 95.7 Å². The van der Waals surface area contributed by atoms with Gasteiger partial charge in [0.15, 0.2) is 23.2 Å². The smallest absolute Gasteiger partial charge is 0.373 e. The van der Waals surface area contributed by atoms with E-state index in [9.17, 15) is 17.6 Å². The number of alkyl halides is 4. The van der Waals surface area contributed by atoms with Crippen molar-refractivity contribution < 1.29 is 46.2 Å². The van der Waals surface area contributed by atoms with Crippen molar-refractivity contribution in [2.45, 2.75) is 146 Å². The van der Waals surface area contributed by atoms with E-state index < -0.39 is 23.2 Å². The normalized spacial score (nSPS) is 26.9. The molecule has 0 radical (unpaired) electrons. The van der Waals surface area contributed by atoms with E-state index in [1.54, 1.807) is 14.0 Å². The molecule has 6 unspecified atom stereocenters. The van der Waals surface area contributed by atoms with Crippen molar-refractivity contribution in [2.75, 3.05) is 7.11 Å². The molecule has 3 aliphatic carbocycles. The summed E-state index contributed by atoms with van der Waals surface area (Å²) in [6.07, 6.45) is 7.92. The molecule has 0 amide bonds. The predicted octanol–water partition coefficient (Wildman–Crippen LogP) is 9.18. The lowest BCUT2D eigenvalue weighted by Gasteiger charge is -2.22. The van der Waals surface area contributed by atoms with Gasteiger partial charge in [-0.25, -0.2) is 17.6 Å². The van der Waals surface area contributed by atoms with E-state index in [1.165, 1.54) is 6.92 Å². The van der Waals surface area contributed by atoms with Crippen LogP contribution in [0.1, 0.15) is 108 Å². The third-order valence-electron chi connectivity index (χ3n) is 8.75. The predicted molar refractivity (Wildman–Crippen MR) is 197 cm³/mol. The Kier molecular flexibility index (Phi) is 23.2. The lowest BCUT2D eigenvalue weighted by molar-refractivity contribution is -0.193. The van der Waals surface area contributed by atoms with Gasteiger partial charge in [-0.2, -0.15) is 19.2 Å². The fourth-order valence-corrected chi connectivity index (χ4v) is 5.66. The summed E-state index contributed by atoms with van der Waals surface area (Å²) in [6, 6.07) is 17.9. The molecule has 0 N–H and O–H groups in total. The maximum absolute atomic E-state index is 14.6. The van der Waals surface area contributed by atoms with Crippen molar-refractivity contribution in [3.05, 3.63) is 71.3 Å². The molecule has 2 aromatic carbocycles. The Bertz CT molecular complexity index is 1600. The van der Waals surface area contributed by atoms with Gasteiger partial charge in [-0.05, 0) is 96.1 Å². The Labute approximate surface area is 318 Å². The van der Waals surface area contributed by atoms with E-state index in [1.807, 2.05) is 61.5 Å². The van der Waals surface area contributed by atoms with E-state index in [-0.39, 0.29) is 30.9 Å². The molecule has 0 bridgehead atoms. The summed E-state index contributed by atoms with van der Waals surface area (Å²) in [5.74, 6) is 16.0. The van der Waals surface area contributed by atoms with E-state index in [2.05, 4.69) is 35.5 Å². The van der Waals surface area contributed by atoms with Crippen molar-refractivity contribution in [3.8, 4) is 35.5 Å². The summed E-state index contributed by atoms with van der Waals surface area (Å²) in [4.78, 5) is 32.5. The molecule has 0 heterocycles. The molecule has 0 spiro atoms. The fourth-order valence-electron chi connectivity index (χ4n) is 5.66. The first-order chi connectivity index (χ1) is 25.7. The summed E-state index contributed by atoms with van der Waals surface area (Å²) in [6.45, 7) is 5.69. The zero-order chi connectivity index (χ0) is 40.3. The summed E-state index contributed by atoms with van der Waals surface area (Å²) >= 11 is 0. The Morgan fingerprint density at radius 2 is 1.24 bits per heavy atom. The summed E-state index contributed by atoms with van der Waals surface area (Å²) < 4.78 is 66.1. The molecule has 0 aliphatic heterocycles. The highest BCUT2D eigenvalue weighted by atomic mass is 19.2. The summed E-state index contributed by atoms with van der Waals surface area (Å²) in [5, 5.41) is 0. The molecule has 0 fully saturated rings. The second-order valence-corrected chi connectivity index (χ2v) is 13.7. The lowest BCUT2D eigenvalue weighted by Crippen LogP contribution is -2.25. The molecule has 0 saturated heterocycles. The zero-order valence-electron chi connectivity index (χ0n) is 31.8. The number of aryl methyl sites for hydroxylation is 1. The molecule has 3 aliphatic rings. The molecule has 54 heavy (non-hydrogen) atoms. The van der Waals surface area contributed by atoms with Crippen molar-refractivity contribution in [3.63, 3.8) is 0 Å². The lowest BCUT2D eigenvalue weighted by atomic mass is 9.89. The van der Waals surface area contributed by atoms with Crippen LogP contribution in [0, 0.1) is 42.4 Å². The zero-order valence-corrected chi connectivity index (χ0v) is 31.8. The number of methoxy groups -OCH3 is 1. The number of benzene rings is 2. The first-order valence-electron chi connectivity index (χ1n) is 18.2. The van der Waals surface area contributed by atoms with Crippen LogP contribution in [-0.2, 0) is 41.7 Å². The fraction of sp³-hybridized carbons (Fsp3) is 0.545. The number of ether oxygens (including phenoxy) is 2. The van der Waals surface area contributed by atoms with Crippen molar-refractivity contribution in [1.82, 2.24) is 0 Å². The second-order valence-electron chi connectivity index (χ2n) is 13.7. The number of rotatable bonds is 6. The van der Waals surface area contributed by atoms with Gasteiger partial charge in [0.05, 0.1) is 18.8 Å². The monoisotopic (exact) mass is 752 g/mol. The number of hydrogen-bond donors (Lipinski definition) is 0. The molecule has 0 aromatic heterocycles. The summed E-state index contributed by atoms with van der Waals surface area (Å²) in [5.41, 5.74) is -0.993. The van der Waals surface area contributed by atoms with Gasteiger partial charge in [0, 0.05) is 26.4 Å². The molecule has 6 nitrogen and oxygen atoms in total. The van der Waals surface area contributed by atoms with Crippen LogP contribution < -0.4 is 0 Å². The molecular formula is C44H52F4O6. The number of hydrogen-bond acceptors (Lipinski definition) is 6. The van der Waals surface area contributed by atoms with Crippen LogP contribution in [0.2, 0.25) is 0 Å². The van der Waals surface area contributed by atoms with Crippen LogP contribution in [0.4, 0.5) is 17.6 Å². The van der Waals surface area contributed by atoms with Crippen LogP contribution in [0.25, 0.3) is 0 Å². The first kappa shape index (κ1) is 47.5. The molecule has 5 rings (SSSR count). The van der Waals surface area contributed by atoms with Crippen LogP contribution >= 0.6 is 0 Å². The van der Waals surface area contributed by atoms with Gasteiger partial charge in [0.25, 0.3) is 0 Å². The van der Waals surface area contributed by atoms with Crippen LogP contribution in [0.15, 0.2) is 54.6 Å². The summed E-state index contributed by atoms with van der Waals surface area (Å²) in [7, 11) is 1.68. The molecule has 292 valence electrons. The van der Waals surface area contributed by atoms with E-state index in [0.717, 1.165) is 61.6 Å². The Morgan fingerprint density at radius 1 is 0.704 bits per heavy atom. The van der Waals surface area contributed by atoms with E-state index >= 15 is 0 Å². The van der Waals surface area contributed by atoms with Gasteiger partial charge in [-0.3, -0.25) is 0 Å².